The molecule has 2 aromatic carbocycles. The smallest absolute Gasteiger partial charge is 0.292 e. The van der Waals surface area contributed by atoms with Gasteiger partial charge >= 0.3 is 0 Å². The Hall–Kier alpha value is -3.02. The zero-order valence-electron chi connectivity index (χ0n) is 11.9. The van der Waals surface area contributed by atoms with Gasteiger partial charge in [0.25, 0.3) is 11.7 Å². The molecular weight excluding hydrogens is 302 g/mol. The molecule has 6 heteroatoms. The molecule has 4 nitrogen and oxygen atoms in total. The highest BCUT2D eigenvalue weighted by Gasteiger charge is 2.20. The van der Waals surface area contributed by atoms with Crippen LogP contribution in [0.1, 0.15) is 15.9 Å². The molecule has 0 fully saturated rings. The zero-order valence-corrected chi connectivity index (χ0v) is 11.9. The van der Waals surface area contributed by atoms with Crippen molar-refractivity contribution in [2.24, 2.45) is 0 Å². The Morgan fingerprint density at radius 1 is 1.00 bits per heavy atom. The summed E-state index contributed by atoms with van der Waals surface area (Å²) in [6, 6.07) is 9.53. The Balaban J connectivity index is 1.75. The number of H-pyrrole nitrogens is 1. The Kier molecular flexibility index (Phi) is 3.89. The van der Waals surface area contributed by atoms with Crippen LogP contribution in [0.5, 0.6) is 0 Å². The van der Waals surface area contributed by atoms with Gasteiger partial charge in [-0.1, -0.05) is 12.1 Å². The number of Topliss-reactive ketones (excluding diaryl/α,β-unsaturated/α-hetero) is 1. The van der Waals surface area contributed by atoms with Gasteiger partial charge in [0, 0.05) is 23.6 Å². The highest BCUT2D eigenvalue weighted by molar-refractivity contribution is 6.44. The van der Waals surface area contributed by atoms with Crippen molar-refractivity contribution in [2.75, 3.05) is 0 Å². The van der Waals surface area contributed by atoms with E-state index in [1.807, 2.05) is 0 Å². The number of fused-ring (bicyclic) bond motifs is 1. The Morgan fingerprint density at radius 3 is 2.43 bits per heavy atom. The van der Waals surface area contributed by atoms with E-state index in [9.17, 15) is 18.4 Å². The van der Waals surface area contributed by atoms with Crippen molar-refractivity contribution in [3.63, 3.8) is 0 Å². The van der Waals surface area contributed by atoms with Gasteiger partial charge < -0.3 is 10.3 Å². The number of aromatic nitrogens is 1. The molecule has 1 aromatic heterocycles. The summed E-state index contributed by atoms with van der Waals surface area (Å²) >= 11 is 0. The average Bonchev–Trinajstić information content (AvgIpc) is 2.96. The van der Waals surface area contributed by atoms with E-state index in [1.165, 1.54) is 48.7 Å². The molecule has 2 N–H and O–H groups in total. The number of hydrogen-bond donors (Lipinski definition) is 2. The molecule has 0 aliphatic heterocycles. The quantitative estimate of drug-likeness (QED) is 0.574. The van der Waals surface area contributed by atoms with Gasteiger partial charge in [-0.15, -0.1) is 0 Å². The second kappa shape index (κ2) is 6.00. The standard InChI is InChI=1S/C17H12F2N2O2/c18-11-3-1-10(2-4-11)8-21-17(23)16(22)14-9-20-15-6-5-12(19)7-13(14)15/h1-7,9,20H,8H2,(H,21,23). The zero-order chi connectivity index (χ0) is 16.4. The minimum atomic E-state index is -0.806. The number of ketones is 1. The average molecular weight is 314 g/mol. The monoisotopic (exact) mass is 314 g/mol. The van der Waals surface area contributed by atoms with Crippen molar-refractivity contribution >= 4 is 22.6 Å². The molecule has 116 valence electrons. The Bertz CT molecular complexity index is 885. The van der Waals surface area contributed by atoms with Crippen molar-refractivity contribution in [3.8, 4) is 0 Å². The lowest BCUT2D eigenvalue weighted by Crippen LogP contribution is -2.30. The second-order valence-corrected chi connectivity index (χ2v) is 5.03. The van der Waals surface area contributed by atoms with Crippen molar-refractivity contribution in [1.29, 1.82) is 0 Å². The second-order valence-electron chi connectivity index (χ2n) is 5.03. The van der Waals surface area contributed by atoms with E-state index in [-0.39, 0.29) is 17.9 Å². The lowest BCUT2D eigenvalue weighted by molar-refractivity contribution is -0.117. The number of nitrogens with one attached hydrogen (secondary N) is 2. The molecule has 0 aliphatic rings. The van der Waals surface area contributed by atoms with Crippen LogP contribution in [0.4, 0.5) is 8.78 Å². The first-order valence-corrected chi connectivity index (χ1v) is 6.88. The van der Waals surface area contributed by atoms with Gasteiger partial charge in [-0.3, -0.25) is 9.59 Å². The van der Waals surface area contributed by atoms with Gasteiger partial charge in [0.1, 0.15) is 11.6 Å². The van der Waals surface area contributed by atoms with E-state index in [4.69, 9.17) is 0 Å². The highest BCUT2D eigenvalue weighted by atomic mass is 19.1. The number of hydrogen-bond acceptors (Lipinski definition) is 2. The van der Waals surface area contributed by atoms with Gasteiger partial charge in [0.05, 0.1) is 5.56 Å². The molecule has 1 heterocycles. The number of benzene rings is 2. The number of aromatic amines is 1. The molecule has 23 heavy (non-hydrogen) atoms. The van der Waals surface area contributed by atoms with Crippen LogP contribution in [0.3, 0.4) is 0 Å². The summed E-state index contributed by atoms with van der Waals surface area (Å²) < 4.78 is 26.1. The fraction of sp³-hybridized carbons (Fsp3) is 0.0588. The molecule has 0 radical (unpaired) electrons. The van der Waals surface area contributed by atoms with E-state index in [0.29, 0.717) is 16.5 Å². The molecule has 0 saturated carbocycles. The van der Waals surface area contributed by atoms with E-state index < -0.39 is 17.5 Å². The SMILES string of the molecule is O=C(NCc1ccc(F)cc1)C(=O)c1c[nH]c2ccc(F)cc12. The van der Waals surface area contributed by atoms with E-state index in [2.05, 4.69) is 10.3 Å². The Morgan fingerprint density at radius 2 is 1.70 bits per heavy atom. The first-order chi connectivity index (χ1) is 11.0. The van der Waals surface area contributed by atoms with Gasteiger partial charge in [0.15, 0.2) is 0 Å². The summed E-state index contributed by atoms with van der Waals surface area (Å²) in [6.07, 6.45) is 1.38. The van der Waals surface area contributed by atoms with Crippen LogP contribution in [0.15, 0.2) is 48.7 Å². The molecule has 0 spiro atoms. The third kappa shape index (κ3) is 3.11. The van der Waals surface area contributed by atoms with Crippen LogP contribution in [-0.4, -0.2) is 16.7 Å². The molecule has 0 bridgehead atoms. The number of rotatable bonds is 4. The first kappa shape index (κ1) is 14.9. The van der Waals surface area contributed by atoms with Crippen molar-refractivity contribution in [1.82, 2.24) is 10.3 Å². The van der Waals surface area contributed by atoms with E-state index in [1.54, 1.807) is 0 Å². The third-order valence-corrected chi connectivity index (χ3v) is 3.46. The predicted molar refractivity (Wildman–Crippen MR) is 80.8 cm³/mol. The van der Waals surface area contributed by atoms with Gasteiger partial charge in [-0.25, -0.2) is 8.78 Å². The maximum absolute atomic E-state index is 13.3. The number of halogens is 2. The normalized spacial score (nSPS) is 10.7. The van der Waals surface area contributed by atoms with E-state index >= 15 is 0 Å². The van der Waals surface area contributed by atoms with Gasteiger partial charge in [0.2, 0.25) is 0 Å². The van der Waals surface area contributed by atoms with Crippen LogP contribution in [0.2, 0.25) is 0 Å². The topological polar surface area (TPSA) is 62.0 Å². The largest absolute Gasteiger partial charge is 0.360 e. The molecule has 0 saturated heterocycles. The van der Waals surface area contributed by atoms with Crippen LogP contribution in [0, 0.1) is 11.6 Å². The molecule has 0 unspecified atom stereocenters. The maximum atomic E-state index is 13.3. The summed E-state index contributed by atoms with van der Waals surface area (Å²) in [5.41, 5.74) is 1.34. The van der Waals surface area contributed by atoms with E-state index in [0.717, 1.165) is 0 Å². The van der Waals surface area contributed by atoms with Crippen LogP contribution >= 0.6 is 0 Å². The molecule has 1 amide bonds. The van der Waals surface area contributed by atoms with Crippen LogP contribution in [-0.2, 0) is 11.3 Å². The number of carbonyl (C=O) groups excluding carboxylic acids is 2. The van der Waals surface area contributed by atoms with Crippen molar-refractivity contribution < 1.29 is 18.4 Å². The van der Waals surface area contributed by atoms with Crippen LogP contribution in [0.25, 0.3) is 10.9 Å². The fourth-order valence-electron chi connectivity index (χ4n) is 2.27. The maximum Gasteiger partial charge on any atom is 0.292 e. The minimum absolute atomic E-state index is 0.0988. The number of amides is 1. The molecule has 3 rings (SSSR count). The van der Waals surface area contributed by atoms with Crippen molar-refractivity contribution in [3.05, 3.63) is 71.4 Å². The first-order valence-electron chi connectivity index (χ1n) is 6.88. The number of carbonyl (C=O) groups is 2. The molecule has 0 aliphatic carbocycles. The lowest BCUT2D eigenvalue weighted by atomic mass is 10.1. The van der Waals surface area contributed by atoms with Crippen molar-refractivity contribution in [2.45, 2.75) is 6.54 Å². The molecule has 3 aromatic rings. The predicted octanol–water partition coefficient (Wildman–Crippen LogP) is 2.95. The fourth-order valence-corrected chi connectivity index (χ4v) is 2.27. The molecule has 0 atom stereocenters. The Labute approximate surface area is 130 Å². The molecular formula is C17H12F2N2O2. The summed E-state index contributed by atoms with van der Waals surface area (Å²) in [5, 5.41) is 2.82. The van der Waals surface area contributed by atoms with Gasteiger partial charge in [-0.2, -0.15) is 0 Å². The lowest BCUT2D eigenvalue weighted by Gasteiger charge is -2.04. The third-order valence-electron chi connectivity index (χ3n) is 3.46. The minimum Gasteiger partial charge on any atom is -0.360 e. The van der Waals surface area contributed by atoms with Gasteiger partial charge in [-0.05, 0) is 35.9 Å². The summed E-state index contributed by atoms with van der Waals surface area (Å²) in [4.78, 5) is 27.0. The van der Waals surface area contributed by atoms with Crippen LogP contribution < -0.4 is 5.32 Å². The summed E-state index contributed by atoms with van der Waals surface area (Å²) in [5.74, 6) is -2.43. The summed E-state index contributed by atoms with van der Waals surface area (Å²) in [7, 11) is 0. The highest BCUT2D eigenvalue weighted by Crippen LogP contribution is 2.20. The summed E-state index contributed by atoms with van der Waals surface area (Å²) in [6.45, 7) is 0.0988.